The molecule has 0 saturated carbocycles. The Hall–Kier alpha value is -2.30. The fourth-order valence-electron chi connectivity index (χ4n) is 3.03. The minimum Gasteiger partial charge on any atom is -0.343 e. The van der Waals surface area contributed by atoms with Crippen LogP contribution in [0.3, 0.4) is 0 Å². The van der Waals surface area contributed by atoms with E-state index in [1.165, 1.54) is 6.07 Å². The average molecular weight is 313 g/mol. The Balaban J connectivity index is 1.63. The lowest BCUT2D eigenvalue weighted by Gasteiger charge is -2.31. The second kappa shape index (κ2) is 6.86. The average Bonchev–Trinajstić information content (AvgIpc) is 2.57. The second-order valence-electron chi connectivity index (χ2n) is 6.04. The SMILES string of the molecule is CC(=O)N1CCC(Cc2ccc(-c3ccccc3F)nn2)CC1. The van der Waals surface area contributed by atoms with Crippen molar-refractivity contribution in [3.05, 3.63) is 47.9 Å². The van der Waals surface area contributed by atoms with Crippen LogP contribution in [0.25, 0.3) is 11.3 Å². The van der Waals surface area contributed by atoms with Crippen LogP contribution in [-0.2, 0) is 11.2 Å². The molecule has 120 valence electrons. The maximum atomic E-state index is 13.8. The van der Waals surface area contributed by atoms with Crippen LogP contribution in [0.15, 0.2) is 36.4 Å². The van der Waals surface area contributed by atoms with E-state index in [9.17, 15) is 9.18 Å². The fraction of sp³-hybridized carbons (Fsp3) is 0.389. The molecule has 1 aromatic carbocycles. The molecule has 1 aliphatic rings. The molecule has 2 heterocycles. The van der Waals surface area contributed by atoms with Gasteiger partial charge in [0, 0.05) is 25.6 Å². The predicted octanol–water partition coefficient (Wildman–Crippen LogP) is 3.08. The highest BCUT2D eigenvalue weighted by molar-refractivity contribution is 5.73. The third-order valence-corrected chi connectivity index (χ3v) is 4.43. The van der Waals surface area contributed by atoms with E-state index in [1.807, 2.05) is 17.0 Å². The topological polar surface area (TPSA) is 46.1 Å². The Morgan fingerprint density at radius 3 is 2.52 bits per heavy atom. The number of carbonyl (C=O) groups excluding carboxylic acids is 1. The Kier molecular flexibility index (Phi) is 4.65. The normalized spacial score (nSPS) is 15.7. The van der Waals surface area contributed by atoms with Gasteiger partial charge in [-0.15, -0.1) is 0 Å². The van der Waals surface area contributed by atoms with Crippen molar-refractivity contribution >= 4 is 5.91 Å². The third kappa shape index (κ3) is 3.73. The number of carbonyl (C=O) groups is 1. The van der Waals surface area contributed by atoms with Crippen LogP contribution in [0.5, 0.6) is 0 Å². The molecule has 1 amide bonds. The zero-order chi connectivity index (χ0) is 16.2. The molecule has 0 unspecified atom stereocenters. The van der Waals surface area contributed by atoms with Crippen molar-refractivity contribution in [1.29, 1.82) is 0 Å². The highest BCUT2D eigenvalue weighted by Crippen LogP contribution is 2.23. The molecule has 0 aliphatic carbocycles. The van der Waals surface area contributed by atoms with Gasteiger partial charge in [-0.05, 0) is 49.4 Å². The van der Waals surface area contributed by atoms with Crippen molar-refractivity contribution in [2.24, 2.45) is 5.92 Å². The molecule has 1 aliphatic heterocycles. The second-order valence-corrected chi connectivity index (χ2v) is 6.04. The molecule has 23 heavy (non-hydrogen) atoms. The van der Waals surface area contributed by atoms with E-state index in [4.69, 9.17) is 0 Å². The maximum Gasteiger partial charge on any atom is 0.219 e. The lowest BCUT2D eigenvalue weighted by molar-refractivity contribution is -0.130. The lowest BCUT2D eigenvalue weighted by atomic mass is 9.92. The summed E-state index contributed by atoms with van der Waals surface area (Å²) in [6.07, 6.45) is 2.85. The Bertz CT molecular complexity index is 679. The number of rotatable bonds is 3. The first-order valence-corrected chi connectivity index (χ1v) is 7.96. The van der Waals surface area contributed by atoms with Gasteiger partial charge in [0.2, 0.25) is 5.91 Å². The summed E-state index contributed by atoms with van der Waals surface area (Å²) in [6, 6.07) is 10.3. The number of halogens is 1. The van der Waals surface area contributed by atoms with E-state index >= 15 is 0 Å². The summed E-state index contributed by atoms with van der Waals surface area (Å²) in [5.41, 5.74) is 1.95. The molecule has 5 heteroatoms. The molecular formula is C18H20FN3O. The van der Waals surface area contributed by atoms with Crippen LogP contribution in [0.2, 0.25) is 0 Å². The lowest BCUT2D eigenvalue weighted by Crippen LogP contribution is -2.37. The summed E-state index contributed by atoms with van der Waals surface area (Å²) in [5, 5.41) is 8.41. The smallest absolute Gasteiger partial charge is 0.219 e. The van der Waals surface area contributed by atoms with Crippen LogP contribution in [0.1, 0.15) is 25.5 Å². The summed E-state index contributed by atoms with van der Waals surface area (Å²) < 4.78 is 13.8. The molecule has 4 nitrogen and oxygen atoms in total. The van der Waals surface area contributed by atoms with Gasteiger partial charge in [0.05, 0.1) is 11.4 Å². The molecular weight excluding hydrogens is 293 g/mol. The summed E-state index contributed by atoms with van der Waals surface area (Å²) in [5.74, 6) is 0.392. The number of hydrogen-bond donors (Lipinski definition) is 0. The number of piperidine rings is 1. The molecule has 1 saturated heterocycles. The van der Waals surface area contributed by atoms with Crippen molar-refractivity contribution in [2.75, 3.05) is 13.1 Å². The third-order valence-electron chi connectivity index (χ3n) is 4.43. The number of hydrogen-bond acceptors (Lipinski definition) is 3. The van der Waals surface area contributed by atoms with Gasteiger partial charge < -0.3 is 4.90 Å². The van der Waals surface area contributed by atoms with Crippen molar-refractivity contribution < 1.29 is 9.18 Å². The zero-order valence-corrected chi connectivity index (χ0v) is 13.2. The number of aromatic nitrogens is 2. The first-order chi connectivity index (χ1) is 11.1. The van der Waals surface area contributed by atoms with E-state index in [1.54, 1.807) is 25.1 Å². The largest absolute Gasteiger partial charge is 0.343 e. The van der Waals surface area contributed by atoms with Crippen LogP contribution >= 0.6 is 0 Å². The van der Waals surface area contributed by atoms with Gasteiger partial charge in [0.25, 0.3) is 0 Å². The van der Waals surface area contributed by atoms with Crippen molar-refractivity contribution in [3.8, 4) is 11.3 Å². The highest BCUT2D eigenvalue weighted by atomic mass is 19.1. The monoisotopic (exact) mass is 313 g/mol. The van der Waals surface area contributed by atoms with Crippen molar-refractivity contribution in [1.82, 2.24) is 15.1 Å². The molecule has 0 bridgehead atoms. The maximum absolute atomic E-state index is 13.8. The quantitative estimate of drug-likeness (QED) is 0.875. The van der Waals surface area contributed by atoms with Gasteiger partial charge in [-0.3, -0.25) is 4.79 Å². The van der Waals surface area contributed by atoms with Crippen LogP contribution in [0.4, 0.5) is 4.39 Å². The molecule has 0 spiro atoms. The minimum atomic E-state index is -0.286. The molecule has 1 aromatic heterocycles. The molecule has 1 fully saturated rings. The van der Waals surface area contributed by atoms with Crippen molar-refractivity contribution in [3.63, 3.8) is 0 Å². The molecule has 2 aromatic rings. The van der Waals surface area contributed by atoms with E-state index in [0.29, 0.717) is 17.2 Å². The zero-order valence-electron chi connectivity index (χ0n) is 13.2. The van der Waals surface area contributed by atoms with Crippen LogP contribution < -0.4 is 0 Å². The Morgan fingerprint density at radius 2 is 1.91 bits per heavy atom. The van der Waals surface area contributed by atoms with Gasteiger partial charge in [-0.2, -0.15) is 10.2 Å². The first kappa shape index (κ1) is 15.6. The minimum absolute atomic E-state index is 0.150. The number of amides is 1. The molecule has 0 atom stereocenters. The molecule has 3 rings (SSSR count). The number of nitrogens with zero attached hydrogens (tertiary/aromatic N) is 3. The summed E-state index contributed by atoms with van der Waals surface area (Å²) in [4.78, 5) is 13.2. The molecule has 0 N–H and O–H groups in total. The highest BCUT2D eigenvalue weighted by Gasteiger charge is 2.21. The van der Waals surface area contributed by atoms with Crippen molar-refractivity contribution in [2.45, 2.75) is 26.2 Å². The van der Waals surface area contributed by atoms with Gasteiger partial charge in [0.15, 0.2) is 0 Å². The van der Waals surface area contributed by atoms with E-state index in [2.05, 4.69) is 10.2 Å². The van der Waals surface area contributed by atoms with Crippen LogP contribution in [0, 0.1) is 11.7 Å². The predicted molar refractivity (Wildman–Crippen MR) is 86.1 cm³/mol. The number of likely N-dealkylation sites (tertiary alicyclic amines) is 1. The summed E-state index contributed by atoms with van der Waals surface area (Å²) in [7, 11) is 0. The van der Waals surface area contributed by atoms with Crippen LogP contribution in [-0.4, -0.2) is 34.1 Å². The van der Waals surface area contributed by atoms with Gasteiger partial charge in [-0.25, -0.2) is 4.39 Å². The summed E-state index contributed by atoms with van der Waals surface area (Å²) >= 11 is 0. The van der Waals surface area contributed by atoms with Gasteiger partial charge in [0.1, 0.15) is 5.82 Å². The van der Waals surface area contributed by atoms with E-state index in [-0.39, 0.29) is 11.7 Å². The van der Waals surface area contributed by atoms with E-state index < -0.39 is 0 Å². The Labute approximate surface area is 135 Å². The fourth-order valence-corrected chi connectivity index (χ4v) is 3.03. The summed E-state index contributed by atoms with van der Waals surface area (Å²) in [6.45, 7) is 3.26. The van der Waals surface area contributed by atoms with Gasteiger partial charge >= 0.3 is 0 Å². The Morgan fingerprint density at radius 1 is 1.17 bits per heavy atom. The first-order valence-electron chi connectivity index (χ1n) is 7.96. The van der Waals surface area contributed by atoms with Gasteiger partial charge in [-0.1, -0.05) is 12.1 Å². The standard InChI is InChI=1S/C18H20FN3O/c1-13(23)22-10-8-14(9-11-22)12-15-6-7-18(21-20-15)16-4-2-3-5-17(16)19/h2-7,14H,8-12H2,1H3. The number of benzene rings is 1. The molecule has 0 radical (unpaired) electrons. The van der Waals surface area contributed by atoms with E-state index in [0.717, 1.165) is 38.0 Å².